The number of nitrogens with zero attached hydrogens (tertiary/aromatic N) is 3. The average Bonchev–Trinajstić information content (AvgIpc) is 3.21. The second kappa shape index (κ2) is 9.09. The maximum absolute atomic E-state index is 13.1. The predicted molar refractivity (Wildman–Crippen MR) is 120 cm³/mol. The SMILES string of the molecule is Cc1[nH]c(-c2ccccc2)cc1C(N=O)C(=O)N1CCN(c2cccc(C(F)(F)F)c2)CC1. The molecule has 4 rings (SSSR count). The smallest absolute Gasteiger partial charge is 0.368 e. The Kier molecular flexibility index (Phi) is 6.22. The van der Waals surface area contributed by atoms with Crippen molar-refractivity contribution in [1.82, 2.24) is 9.88 Å². The van der Waals surface area contributed by atoms with Crippen LogP contribution in [0.4, 0.5) is 18.9 Å². The summed E-state index contributed by atoms with van der Waals surface area (Å²) in [4.78, 5) is 31.3. The molecule has 1 aromatic heterocycles. The lowest BCUT2D eigenvalue weighted by molar-refractivity contribution is -0.137. The summed E-state index contributed by atoms with van der Waals surface area (Å²) in [5, 5.41) is 3.12. The molecule has 0 aliphatic carbocycles. The summed E-state index contributed by atoms with van der Waals surface area (Å²) in [6, 6.07) is 15.3. The number of anilines is 1. The van der Waals surface area contributed by atoms with Gasteiger partial charge < -0.3 is 14.8 Å². The first-order chi connectivity index (χ1) is 15.8. The number of hydrogen-bond donors (Lipinski definition) is 1. The Morgan fingerprint density at radius 1 is 1.00 bits per heavy atom. The second-order valence-corrected chi connectivity index (χ2v) is 8.00. The molecule has 0 bridgehead atoms. The van der Waals surface area contributed by atoms with Gasteiger partial charge in [-0.2, -0.15) is 13.2 Å². The van der Waals surface area contributed by atoms with Gasteiger partial charge in [0, 0.05) is 48.8 Å². The zero-order valence-corrected chi connectivity index (χ0v) is 18.0. The van der Waals surface area contributed by atoms with Gasteiger partial charge in [-0.15, -0.1) is 4.91 Å². The van der Waals surface area contributed by atoms with Crippen LogP contribution < -0.4 is 4.90 Å². The Hall–Kier alpha value is -3.62. The average molecular weight is 456 g/mol. The predicted octanol–water partition coefficient (Wildman–Crippen LogP) is 5.17. The van der Waals surface area contributed by atoms with E-state index in [2.05, 4.69) is 10.2 Å². The Labute approximate surface area is 189 Å². The van der Waals surface area contributed by atoms with Crippen LogP contribution in [0.3, 0.4) is 0 Å². The summed E-state index contributed by atoms with van der Waals surface area (Å²) in [5.74, 6) is -0.407. The lowest BCUT2D eigenvalue weighted by Gasteiger charge is -2.37. The van der Waals surface area contributed by atoms with E-state index in [1.165, 1.54) is 6.07 Å². The molecule has 1 fully saturated rings. The van der Waals surface area contributed by atoms with Gasteiger partial charge in [0.2, 0.25) is 0 Å². The first-order valence-electron chi connectivity index (χ1n) is 10.6. The van der Waals surface area contributed by atoms with Crippen LogP contribution in [0.25, 0.3) is 11.3 Å². The highest BCUT2D eigenvalue weighted by Gasteiger charge is 2.33. The van der Waals surface area contributed by atoms with Crippen LogP contribution in [0, 0.1) is 11.8 Å². The summed E-state index contributed by atoms with van der Waals surface area (Å²) < 4.78 is 39.1. The number of hydrogen-bond acceptors (Lipinski definition) is 4. The highest BCUT2D eigenvalue weighted by molar-refractivity contribution is 5.84. The summed E-state index contributed by atoms with van der Waals surface area (Å²) >= 11 is 0. The molecule has 9 heteroatoms. The number of aromatic amines is 1. The largest absolute Gasteiger partial charge is 0.416 e. The van der Waals surface area contributed by atoms with Gasteiger partial charge in [-0.3, -0.25) is 4.79 Å². The molecule has 0 saturated carbocycles. The lowest BCUT2D eigenvalue weighted by Crippen LogP contribution is -2.50. The molecule has 172 valence electrons. The fourth-order valence-electron chi connectivity index (χ4n) is 4.10. The fourth-order valence-corrected chi connectivity index (χ4v) is 4.10. The maximum atomic E-state index is 13.1. The third-order valence-electron chi connectivity index (χ3n) is 5.90. The lowest BCUT2D eigenvalue weighted by atomic mass is 10.0. The van der Waals surface area contributed by atoms with Crippen molar-refractivity contribution in [1.29, 1.82) is 0 Å². The number of carbonyl (C=O) groups is 1. The molecule has 1 atom stereocenters. The van der Waals surface area contributed by atoms with Crippen molar-refractivity contribution in [2.24, 2.45) is 5.18 Å². The van der Waals surface area contributed by atoms with Crippen LogP contribution >= 0.6 is 0 Å². The maximum Gasteiger partial charge on any atom is 0.416 e. The molecule has 1 saturated heterocycles. The normalized spacial score (nSPS) is 15.4. The second-order valence-electron chi connectivity index (χ2n) is 8.00. The van der Waals surface area contributed by atoms with Gasteiger partial charge >= 0.3 is 6.18 Å². The minimum atomic E-state index is -4.41. The number of aromatic nitrogens is 1. The first kappa shape index (κ1) is 22.6. The molecule has 33 heavy (non-hydrogen) atoms. The van der Waals surface area contributed by atoms with Crippen molar-refractivity contribution in [3.63, 3.8) is 0 Å². The molecule has 1 N–H and O–H groups in total. The van der Waals surface area contributed by atoms with Gasteiger partial charge in [0.15, 0.2) is 6.04 Å². The zero-order valence-electron chi connectivity index (χ0n) is 18.0. The Balaban J connectivity index is 1.46. The molecule has 1 aliphatic heterocycles. The van der Waals surface area contributed by atoms with E-state index in [0.29, 0.717) is 30.0 Å². The van der Waals surface area contributed by atoms with Crippen molar-refractivity contribution in [2.75, 3.05) is 31.1 Å². The summed E-state index contributed by atoms with van der Waals surface area (Å²) in [5.41, 5.74) is 2.68. The molecular formula is C24H23F3N4O2. The van der Waals surface area contributed by atoms with E-state index in [1.807, 2.05) is 30.3 Å². The van der Waals surface area contributed by atoms with Gasteiger partial charge in [-0.1, -0.05) is 41.6 Å². The number of benzene rings is 2. The van der Waals surface area contributed by atoms with Crippen LogP contribution in [0.1, 0.15) is 22.9 Å². The molecule has 1 aliphatic rings. The van der Waals surface area contributed by atoms with E-state index < -0.39 is 23.7 Å². The molecule has 3 aromatic rings. The highest BCUT2D eigenvalue weighted by atomic mass is 19.4. The summed E-state index contributed by atoms with van der Waals surface area (Å²) in [6.07, 6.45) is -4.41. The molecule has 0 radical (unpaired) electrons. The number of carbonyl (C=O) groups excluding carboxylic acids is 1. The van der Waals surface area contributed by atoms with Gasteiger partial charge in [-0.05, 0) is 36.8 Å². The van der Waals surface area contributed by atoms with Crippen LogP contribution in [-0.4, -0.2) is 42.0 Å². The molecule has 2 aromatic carbocycles. The number of aryl methyl sites for hydroxylation is 1. The topological polar surface area (TPSA) is 68.8 Å². The monoisotopic (exact) mass is 456 g/mol. The molecule has 1 amide bonds. The van der Waals surface area contributed by atoms with Gasteiger partial charge in [0.25, 0.3) is 5.91 Å². The van der Waals surface area contributed by atoms with E-state index in [0.717, 1.165) is 23.4 Å². The van der Waals surface area contributed by atoms with E-state index in [9.17, 15) is 22.9 Å². The molecule has 0 spiro atoms. The van der Waals surface area contributed by atoms with E-state index in [1.54, 1.807) is 28.9 Å². The standard InChI is InChI=1S/C24H23F3N4O2/c1-16-20(15-21(28-16)17-6-3-2-4-7-17)22(29-33)23(32)31-12-10-30(11-13-31)19-9-5-8-18(14-19)24(25,26)27/h2-9,14-15,22,28H,10-13H2,1H3. The fraction of sp³-hybridized carbons (Fsp3) is 0.292. The summed E-state index contributed by atoms with van der Waals surface area (Å²) in [6.45, 7) is 3.09. The molecular weight excluding hydrogens is 433 g/mol. The molecule has 1 unspecified atom stereocenters. The van der Waals surface area contributed by atoms with Gasteiger partial charge in [0.05, 0.1) is 5.56 Å². The minimum Gasteiger partial charge on any atom is -0.368 e. The van der Waals surface area contributed by atoms with Crippen molar-refractivity contribution < 1.29 is 18.0 Å². The summed E-state index contributed by atoms with van der Waals surface area (Å²) in [7, 11) is 0. The molecule has 6 nitrogen and oxygen atoms in total. The number of nitrogens with one attached hydrogen (secondary N) is 1. The minimum absolute atomic E-state index is 0.288. The zero-order chi connectivity index (χ0) is 23.6. The van der Waals surface area contributed by atoms with Crippen LogP contribution in [0.5, 0.6) is 0 Å². The van der Waals surface area contributed by atoms with Crippen molar-refractivity contribution >= 4 is 11.6 Å². The van der Waals surface area contributed by atoms with Crippen molar-refractivity contribution in [3.05, 3.63) is 82.4 Å². The Morgan fingerprint density at radius 3 is 2.33 bits per heavy atom. The van der Waals surface area contributed by atoms with E-state index >= 15 is 0 Å². The van der Waals surface area contributed by atoms with Crippen molar-refractivity contribution in [2.45, 2.75) is 19.1 Å². The van der Waals surface area contributed by atoms with Crippen LogP contribution in [-0.2, 0) is 11.0 Å². The first-order valence-corrected chi connectivity index (χ1v) is 10.6. The number of alkyl halides is 3. The Bertz CT molecular complexity index is 1140. The van der Waals surface area contributed by atoms with E-state index in [4.69, 9.17) is 0 Å². The van der Waals surface area contributed by atoms with Gasteiger partial charge in [-0.25, -0.2) is 0 Å². The quantitative estimate of drug-likeness (QED) is 0.539. The van der Waals surface area contributed by atoms with Crippen molar-refractivity contribution in [3.8, 4) is 11.3 Å². The van der Waals surface area contributed by atoms with Crippen LogP contribution in [0.2, 0.25) is 0 Å². The number of halogens is 3. The highest BCUT2D eigenvalue weighted by Crippen LogP contribution is 2.33. The number of rotatable bonds is 5. The van der Waals surface area contributed by atoms with Gasteiger partial charge in [0.1, 0.15) is 0 Å². The Morgan fingerprint density at radius 2 is 1.70 bits per heavy atom. The van der Waals surface area contributed by atoms with Crippen LogP contribution in [0.15, 0.2) is 65.8 Å². The third-order valence-corrected chi connectivity index (χ3v) is 5.90. The van der Waals surface area contributed by atoms with E-state index in [-0.39, 0.29) is 13.1 Å². The number of piperazine rings is 1. The number of H-pyrrole nitrogens is 1. The number of nitroso groups, excluding NO2 is 1. The third kappa shape index (κ3) is 4.76. The molecule has 2 heterocycles. The number of amides is 1.